The number of anilines is 1. The number of nitrogens with zero attached hydrogens (tertiary/aromatic N) is 3. The number of aliphatic hydroxyl groups excluding tert-OH is 2. The Balaban J connectivity index is 1.85. The number of aromatic nitrogens is 2. The maximum absolute atomic E-state index is 13.8. The Bertz CT molecular complexity index is 1380. The Morgan fingerprint density at radius 3 is 2.54 bits per heavy atom. The number of carbonyl (C=O) groups is 2. The molecule has 8 nitrogen and oxygen atoms in total. The second-order valence-electron chi connectivity index (χ2n) is 7.79. The molecule has 0 saturated carbocycles. The highest BCUT2D eigenvalue weighted by atomic mass is 19.1. The van der Waals surface area contributed by atoms with Gasteiger partial charge >= 0.3 is 0 Å². The number of benzene rings is 1. The summed E-state index contributed by atoms with van der Waals surface area (Å²) in [5.41, 5.74) is 6.80. The molecule has 35 heavy (non-hydrogen) atoms. The van der Waals surface area contributed by atoms with E-state index in [1.165, 1.54) is 24.6 Å². The van der Waals surface area contributed by atoms with Crippen LogP contribution >= 0.6 is 0 Å². The Morgan fingerprint density at radius 2 is 1.97 bits per heavy atom. The number of aliphatic hydroxyl groups is 2. The number of rotatable bonds is 8. The Labute approximate surface area is 199 Å². The van der Waals surface area contributed by atoms with Gasteiger partial charge in [-0.25, -0.2) is 4.39 Å². The molecule has 4 rings (SSSR count). The zero-order valence-electron chi connectivity index (χ0n) is 18.6. The summed E-state index contributed by atoms with van der Waals surface area (Å²) in [6, 6.07) is 6.10. The molecule has 2 N–H and O–H groups in total. The highest BCUT2D eigenvalue weighted by Gasteiger charge is 2.33. The van der Waals surface area contributed by atoms with Gasteiger partial charge in [0.1, 0.15) is 11.6 Å². The Hall–Kier alpha value is -4.71. The summed E-state index contributed by atoms with van der Waals surface area (Å²) >= 11 is 0. The molecule has 0 saturated heterocycles. The molecule has 0 bridgehead atoms. The first-order valence-electron chi connectivity index (χ1n) is 10.6. The minimum atomic E-state index is -0.945. The van der Waals surface area contributed by atoms with Gasteiger partial charge in [-0.2, -0.15) is 0 Å². The molecule has 1 unspecified atom stereocenters. The molecule has 1 aromatic heterocycles. The largest absolute Gasteiger partial charge is 0.506 e. The smallest absolute Gasteiger partial charge is 0.247 e. The summed E-state index contributed by atoms with van der Waals surface area (Å²) in [5, 5.41) is 28.1. The molecular formula is C26H20FN3O5. The van der Waals surface area contributed by atoms with Crippen LogP contribution in [0.15, 0.2) is 105 Å². The van der Waals surface area contributed by atoms with E-state index in [0.29, 0.717) is 22.7 Å². The second-order valence-corrected chi connectivity index (χ2v) is 7.79. The van der Waals surface area contributed by atoms with Crippen molar-refractivity contribution in [3.05, 3.63) is 100 Å². The average Bonchev–Trinajstić information content (AvgIpc) is 3.42. The fourth-order valence-electron chi connectivity index (χ4n) is 3.88. The molecule has 0 radical (unpaired) electrons. The van der Waals surface area contributed by atoms with E-state index in [-0.39, 0.29) is 41.9 Å². The maximum Gasteiger partial charge on any atom is 0.247 e. The molecule has 176 valence electrons. The molecule has 2 aliphatic carbocycles. The molecule has 1 atom stereocenters. The first-order chi connectivity index (χ1) is 16.9. The normalized spacial score (nSPS) is 16.4. The number of hydrogen-bond donors (Lipinski definition) is 2. The van der Waals surface area contributed by atoms with Crippen LogP contribution in [0, 0.1) is 0 Å². The number of hydrogen-bond acceptors (Lipinski definition) is 8. The molecule has 0 fully saturated rings. The van der Waals surface area contributed by atoms with Crippen molar-refractivity contribution in [2.45, 2.75) is 18.9 Å². The highest BCUT2D eigenvalue weighted by molar-refractivity contribution is 6.34. The van der Waals surface area contributed by atoms with Crippen molar-refractivity contribution < 1.29 is 28.6 Å². The minimum Gasteiger partial charge on any atom is -0.506 e. The molecule has 1 aromatic carbocycles. The third kappa shape index (κ3) is 4.96. The van der Waals surface area contributed by atoms with E-state index < -0.39 is 17.6 Å². The summed E-state index contributed by atoms with van der Waals surface area (Å²) in [5.74, 6) is -1.61. The average molecular weight is 473 g/mol. The van der Waals surface area contributed by atoms with Crippen molar-refractivity contribution in [1.29, 1.82) is 0 Å². The lowest BCUT2D eigenvalue weighted by molar-refractivity contribution is -0.127. The SMILES string of the molecule is CN(c1ccc(-c2nnco2)cc1)C(C1=CC=C(F)CC1)/C(C(=O)C=O)=C(/O)C1=C=C=C(O)C=C1. The van der Waals surface area contributed by atoms with Crippen LogP contribution in [0.1, 0.15) is 12.8 Å². The van der Waals surface area contributed by atoms with E-state index >= 15 is 0 Å². The Kier molecular flexibility index (Phi) is 6.73. The van der Waals surface area contributed by atoms with Crippen LogP contribution in [-0.4, -0.2) is 45.6 Å². The van der Waals surface area contributed by atoms with Gasteiger partial charge in [0.25, 0.3) is 0 Å². The van der Waals surface area contributed by atoms with Gasteiger partial charge in [-0.15, -0.1) is 10.2 Å². The zero-order valence-corrected chi connectivity index (χ0v) is 18.6. The summed E-state index contributed by atoms with van der Waals surface area (Å²) in [4.78, 5) is 26.2. The van der Waals surface area contributed by atoms with E-state index in [2.05, 4.69) is 21.7 Å². The summed E-state index contributed by atoms with van der Waals surface area (Å²) in [7, 11) is 1.69. The molecule has 2 aliphatic rings. The summed E-state index contributed by atoms with van der Waals surface area (Å²) in [6.45, 7) is 0. The molecule has 1 heterocycles. The fraction of sp³-hybridized carbons (Fsp3) is 0.154. The van der Waals surface area contributed by atoms with E-state index in [1.807, 2.05) is 0 Å². The van der Waals surface area contributed by atoms with Crippen LogP contribution in [0.2, 0.25) is 0 Å². The first kappa shape index (κ1) is 23.4. The molecule has 2 aromatic rings. The lowest BCUT2D eigenvalue weighted by atomic mass is 9.86. The second kappa shape index (κ2) is 10.1. The third-order valence-corrected chi connectivity index (χ3v) is 5.64. The fourth-order valence-corrected chi connectivity index (χ4v) is 3.88. The number of Topliss-reactive ketones (excluding diaryl/α,β-unsaturated/α-hetero) is 1. The molecular weight excluding hydrogens is 453 g/mol. The van der Waals surface area contributed by atoms with Crippen molar-refractivity contribution in [1.82, 2.24) is 10.2 Å². The molecule has 0 amide bonds. The van der Waals surface area contributed by atoms with Crippen molar-refractivity contribution >= 4 is 17.8 Å². The lowest BCUT2D eigenvalue weighted by Gasteiger charge is -2.34. The van der Waals surface area contributed by atoms with Gasteiger partial charge in [0.15, 0.2) is 12.0 Å². The van der Waals surface area contributed by atoms with Crippen LogP contribution < -0.4 is 4.90 Å². The van der Waals surface area contributed by atoms with Gasteiger partial charge in [-0.05, 0) is 60.2 Å². The third-order valence-electron chi connectivity index (χ3n) is 5.64. The van der Waals surface area contributed by atoms with Crippen LogP contribution in [0.5, 0.6) is 0 Å². The number of ketones is 1. The van der Waals surface area contributed by atoms with Gasteiger partial charge in [-0.3, -0.25) is 9.59 Å². The van der Waals surface area contributed by atoms with Gasteiger partial charge in [0.2, 0.25) is 18.1 Å². The van der Waals surface area contributed by atoms with Crippen LogP contribution in [0.3, 0.4) is 0 Å². The first-order valence-corrected chi connectivity index (χ1v) is 10.6. The molecule has 9 heteroatoms. The summed E-state index contributed by atoms with van der Waals surface area (Å²) in [6.07, 6.45) is 7.21. The molecule has 0 spiro atoms. The van der Waals surface area contributed by atoms with E-state index in [1.54, 1.807) is 42.3 Å². The number of halogens is 1. The Morgan fingerprint density at radius 1 is 1.20 bits per heavy atom. The minimum absolute atomic E-state index is 0.0660. The van der Waals surface area contributed by atoms with Gasteiger partial charge in [0, 0.05) is 24.7 Å². The molecule has 0 aliphatic heterocycles. The van der Waals surface area contributed by atoms with Crippen molar-refractivity contribution in [2.24, 2.45) is 0 Å². The predicted octanol–water partition coefficient (Wildman–Crippen LogP) is 4.39. The van der Waals surface area contributed by atoms with Gasteiger partial charge < -0.3 is 19.5 Å². The van der Waals surface area contributed by atoms with Gasteiger partial charge in [0.05, 0.1) is 17.2 Å². The highest BCUT2D eigenvalue weighted by Crippen LogP contribution is 2.34. The van der Waals surface area contributed by atoms with E-state index in [4.69, 9.17) is 4.42 Å². The number of aldehydes is 1. The van der Waals surface area contributed by atoms with Crippen molar-refractivity contribution in [3.8, 4) is 11.5 Å². The lowest BCUT2D eigenvalue weighted by Crippen LogP contribution is -2.39. The monoisotopic (exact) mass is 473 g/mol. The number of likely N-dealkylation sites (N-methyl/N-ethyl adjacent to an activating group) is 1. The van der Waals surface area contributed by atoms with E-state index in [9.17, 15) is 24.2 Å². The van der Waals surface area contributed by atoms with Crippen LogP contribution in [0.25, 0.3) is 11.5 Å². The quantitative estimate of drug-likeness (QED) is 0.191. The predicted molar refractivity (Wildman–Crippen MR) is 125 cm³/mol. The standard InChI is InChI=1S/C26H20FN3O5/c1-30(20-10-4-18(5-11-20)26-29-28-15-35-26)24(16-2-8-19(27)9-3-16)23(22(33)14-31)25(34)17-6-12-21(32)13-7-17/h2,4-6,8,10-12,14-15,24,32,34H,3,9H2,1H3/b25-23+. The summed E-state index contributed by atoms with van der Waals surface area (Å²) < 4.78 is 19.0. The van der Waals surface area contributed by atoms with E-state index in [0.717, 1.165) is 0 Å². The van der Waals surface area contributed by atoms with Crippen molar-refractivity contribution in [2.75, 3.05) is 11.9 Å². The topological polar surface area (TPSA) is 117 Å². The van der Waals surface area contributed by atoms with Crippen molar-refractivity contribution in [3.63, 3.8) is 0 Å². The van der Waals surface area contributed by atoms with Crippen LogP contribution in [-0.2, 0) is 9.59 Å². The number of allylic oxidation sites excluding steroid dienone is 5. The number of carbonyl (C=O) groups excluding carboxylic acids is 2. The van der Waals surface area contributed by atoms with Crippen LogP contribution in [0.4, 0.5) is 10.1 Å². The van der Waals surface area contributed by atoms with Gasteiger partial charge in [-0.1, -0.05) is 11.8 Å². The maximum atomic E-state index is 13.8. The zero-order chi connectivity index (χ0) is 24.9.